The number of carbonyl (C=O) groups is 1. The molecule has 6 nitrogen and oxygen atoms in total. The Morgan fingerprint density at radius 1 is 0.964 bits per heavy atom. The number of anilines is 2. The normalized spacial score (nSPS) is 18.2. The summed E-state index contributed by atoms with van der Waals surface area (Å²) in [5, 5.41) is 0. The van der Waals surface area contributed by atoms with Gasteiger partial charge in [-0.3, -0.25) is 4.79 Å². The highest BCUT2D eigenvalue weighted by atomic mass is 32.2. The number of hydrogen-bond donors (Lipinski definition) is 0. The molecule has 0 unspecified atom stereocenters. The number of amides is 1. The van der Waals surface area contributed by atoms with Crippen LogP contribution in [0.25, 0.3) is 0 Å². The van der Waals surface area contributed by atoms with Gasteiger partial charge in [-0.25, -0.2) is 8.42 Å². The van der Waals surface area contributed by atoms with E-state index in [9.17, 15) is 13.2 Å². The van der Waals surface area contributed by atoms with Crippen molar-refractivity contribution in [3.05, 3.63) is 59.6 Å². The summed E-state index contributed by atoms with van der Waals surface area (Å²) in [4.78, 5) is 16.5. The monoisotopic (exact) mass is 398 g/mol. The van der Waals surface area contributed by atoms with E-state index in [1.807, 2.05) is 12.1 Å². The first-order valence-electron chi connectivity index (χ1n) is 9.31. The molecule has 146 valence electrons. The van der Waals surface area contributed by atoms with Crippen LogP contribution in [0.2, 0.25) is 0 Å². The molecular formula is C21H22N2O4S. The molecule has 0 spiro atoms. The SMILES string of the molecule is COc1ccc(N2C=C(C(=O)N3CCCCC3)S(=O)(=O)c3ccccc32)cc1. The van der Waals surface area contributed by atoms with Crippen molar-refractivity contribution >= 4 is 27.1 Å². The topological polar surface area (TPSA) is 66.9 Å². The van der Waals surface area contributed by atoms with Gasteiger partial charge in [0.1, 0.15) is 5.75 Å². The Balaban J connectivity index is 1.82. The van der Waals surface area contributed by atoms with E-state index in [1.165, 1.54) is 6.20 Å². The number of sulfone groups is 1. The standard InChI is InChI=1S/C21H22N2O4S/c1-27-17-11-9-16(10-12-17)23-15-20(21(24)22-13-5-2-6-14-22)28(25,26)19-8-4-3-7-18(19)23/h3-4,7-12,15H,2,5-6,13-14H2,1H3. The second kappa shape index (κ2) is 7.31. The van der Waals surface area contributed by atoms with Gasteiger partial charge in [0.15, 0.2) is 4.91 Å². The first-order chi connectivity index (χ1) is 13.5. The lowest BCUT2D eigenvalue weighted by Gasteiger charge is -2.32. The summed E-state index contributed by atoms with van der Waals surface area (Å²) >= 11 is 0. The van der Waals surface area contributed by atoms with Crippen molar-refractivity contribution in [1.82, 2.24) is 4.90 Å². The van der Waals surface area contributed by atoms with Gasteiger partial charge < -0.3 is 14.5 Å². The van der Waals surface area contributed by atoms with Crippen LogP contribution in [0.3, 0.4) is 0 Å². The van der Waals surface area contributed by atoms with Crippen molar-refractivity contribution in [2.75, 3.05) is 25.1 Å². The Morgan fingerprint density at radius 3 is 2.32 bits per heavy atom. The van der Waals surface area contributed by atoms with Crippen molar-refractivity contribution in [2.45, 2.75) is 24.2 Å². The summed E-state index contributed by atoms with van der Waals surface area (Å²) in [5.41, 5.74) is 1.29. The van der Waals surface area contributed by atoms with Gasteiger partial charge in [-0.15, -0.1) is 0 Å². The van der Waals surface area contributed by atoms with Crippen LogP contribution in [-0.4, -0.2) is 39.4 Å². The van der Waals surface area contributed by atoms with Gasteiger partial charge >= 0.3 is 0 Å². The predicted octanol–water partition coefficient (Wildman–Crippen LogP) is 3.47. The summed E-state index contributed by atoms with van der Waals surface area (Å²) in [6.45, 7) is 1.19. The number of hydrogen-bond acceptors (Lipinski definition) is 5. The molecule has 1 saturated heterocycles. The highest BCUT2D eigenvalue weighted by Gasteiger charge is 2.37. The molecule has 4 rings (SSSR count). The fraction of sp³-hybridized carbons (Fsp3) is 0.286. The van der Waals surface area contributed by atoms with Gasteiger partial charge in [0.25, 0.3) is 5.91 Å². The van der Waals surface area contributed by atoms with Crippen LogP contribution in [0.4, 0.5) is 11.4 Å². The fourth-order valence-electron chi connectivity index (χ4n) is 3.64. The summed E-state index contributed by atoms with van der Waals surface area (Å²) in [5.74, 6) is 0.281. The van der Waals surface area contributed by atoms with Gasteiger partial charge in [0.2, 0.25) is 9.84 Å². The molecule has 1 fully saturated rings. The maximum atomic E-state index is 13.2. The van der Waals surface area contributed by atoms with E-state index in [0.717, 1.165) is 24.9 Å². The minimum absolute atomic E-state index is 0.147. The molecule has 2 aromatic carbocycles. The molecule has 7 heteroatoms. The lowest BCUT2D eigenvalue weighted by molar-refractivity contribution is -0.127. The molecule has 0 N–H and O–H groups in total. The number of ether oxygens (including phenoxy) is 1. The fourth-order valence-corrected chi connectivity index (χ4v) is 5.18. The Hall–Kier alpha value is -2.80. The zero-order valence-corrected chi connectivity index (χ0v) is 16.5. The number of rotatable bonds is 3. The average molecular weight is 398 g/mol. The van der Waals surface area contributed by atoms with Crippen LogP contribution in [0, 0.1) is 0 Å². The number of benzene rings is 2. The Kier molecular flexibility index (Phi) is 4.85. The molecule has 2 aliphatic heterocycles. The van der Waals surface area contributed by atoms with Crippen molar-refractivity contribution in [2.24, 2.45) is 0 Å². The zero-order valence-electron chi connectivity index (χ0n) is 15.7. The van der Waals surface area contributed by atoms with E-state index < -0.39 is 15.7 Å². The van der Waals surface area contributed by atoms with Gasteiger partial charge in [-0.2, -0.15) is 0 Å². The highest BCUT2D eigenvalue weighted by molar-refractivity contribution is 7.96. The second-order valence-electron chi connectivity index (χ2n) is 6.89. The predicted molar refractivity (Wildman–Crippen MR) is 107 cm³/mol. The molecule has 0 aliphatic carbocycles. The largest absolute Gasteiger partial charge is 0.497 e. The molecule has 0 saturated carbocycles. The molecule has 0 atom stereocenters. The van der Waals surface area contributed by atoms with E-state index >= 15 is 0 Å². The molecule has 0 aromatic heterocycles. The molecule has 1 amide bonds. The number of methoxy groups -OCH3 is 1. The van der Waals surface area contributed by atoms with E-state index in [4.69, 9.17) is 4.74 Å². The third-order valence-corrected chi connectivity index (χ3v) is 6.94. The quantitative estimate of drug-likeness (QED) is 0.792. The van der Waals surface area contributed by atoms with Crippen molar-refractivity contribution in [3.63, 3.8) is 0 Å². The Bertz CT molecular complexity index is 1020. The molecule has 0 bridgehead atoms. The van der Waals surface area contributed by atoms with Gasteiger partial charge in [-0.05, 0) is 55.7 Å². The summed E-state index contributed by atoms with van der Waals surface area (Å²) < 4.78 is 31.6. The molecule has 2 aromatic rings. The average Bonchev–Trinajstić information content (AvgIpc) is 2.74. The van der Waals surface area contributed by atoms with Crippen LogP contribution >= 0.6 is 0 Å². The smallest absolute Gasteiger partial charge is 0.267 e. The van der Waals surface area contributed by atoms with E-state index in [2.05, 4.69) is 0 Å². The minimum atomic E-state index is -3.88. The highest BCUT2D eigenvalue weighted by Crippen LogP contribution is 2.40. The van der Waals surface area contributed by atoms with Crippen LogP contribution in [-0.2, 0) is 14.6 Å². The van der Waals surface area contributed by atoms with Gasteiger partial charge in [0, 0.05) is 25.0 Å². The number of fused-ring (bicyclic) bond motifs is 1. The summed E-state index contributed by atoms with van der Waals surface area (Å²) in [7, 11) is -2.29. The zero-order chi connectivity index (χ0) is 19.7. The lowest BCUT2D eigenvalue weighted by atomic mass is 10.1. The Morgan fingerprint density at radius 2 is 1.64 bits per heavy atom. The number of nitrogens with zero attached hydrogens (tertiary/aromatic N) is 2. The molecule has 2 heterocycles. The van der Waals surface area contributed by atoms with Gasteiger partial charge in [0.05, 0.1) is 17.7 Å². The second-order valence-corrected chi connectivity index (χ2v) is 8.77. The third kappa shape index (κ3) is 3.16. The maximum absolute atomic E-state index is 13.2. The first-order valence-corrected chi connectivity index (χ1v) is 10.8. The summed E-state index contributed by atoms with van der Waals surface area (Å²) in [6.07, 6.45) is 4.32. The number of piperidine rings is 1. The lowest BCUT2D eigenvalue weighted by Crippen LogP contribution is -2.39. The number of para-hydroxylation sites is 1. The molecular weight excluding hydrogens is 376 g/mol. The molecule has 2 aliphatic rings. The van der Waals surface area contributed by atoms with Crippen LogP contribution in [0.15, 0.2) is 64.5 Å². The van der Waals surface area contributed by atoms with Crippen LogP contribution in [0.5, 0.6) is 5.75 Å². The number of carbonyl (C=O) groups excluding carboxylic acids is 1. The molecule has 28 heavy (non-hydrogen) atoms. The van der Waals surface area contributed by atoms with Crippen molar-refractivity contribution in [3.8, 4) is 5.75 Å². The third-order valence-electron chi connectivity index (χ3n) is 5.15. The molecule has 0 radical (unpaired) electrons. The van der Waals surface area contributed by atoms with Crippen LogP contribution in [0.1, 0.15) is 19.3 Å². The van der Waals surface area contributed by atoms with Crippen LogP contribution < -0.4 is 9.64 Å². The Labute approximate surface area is 164 Å². The number of likely N-dealkylation sites (tertiary alicyclic amines) is 1. The minimum Gasteiger partial charge on any atom is -0.497 e. The van der Waals surface area contributed by atoms with E-state index in [1.54, 1.807) is 53.3 Å². The van der Waals surface area contributed by atoms with E-state index in [-0.39, 0.29) is 9.80 Å². The summed E-state index contributed by atoms with van der Waals surface area (Å²) in [6, 6.07) is 14.1. The maximum Gasteiger partial charge on any atom is 0.267 e. The van der Waals surface area contributed by atoms with E-state index in [0.29, 0.717) is 24.5 Å². The first kappa shape index (κ1) is 18.6. The van der Waals surface area contributed by atoms with Gasteiger partial charge in [-0.1, -0.05) is 12.1 Å². The van der Waals surface area contributed by atoms with Crippen molar-refractivity contribution in [1.29, 1.82) is 0 Å². The van der Waals surface area contributed by atoms with Crippen molar-refractivity contribution < 1.29 is 17.9 Å².